The second-order valence-electron chi connectivity index (χ2n) is 9.14. The van der Waals surface area contributed by atoms with Crippen molar-refractivity contribution in [2.45, 2.75) is 31.7 Å². The number of ketones is 1. The molecule has 1 saturated heterocycles. The molecular weight excluding hydrogens is 472 g/mol. The van der Waals surface area contributed by atoms with Crippen molar-refractivity contribution < 1.29 is 14.3 Å². The minimum absolute atomic E-state index is 0.138. The number of carbonyl (C=O) groups excluding carboxylic acids is 2. The van der Waals surface area contributed by atoms with Crippen LogP contribution in [0.25, 0.3) is 11.3 Å². The quantitative estimate of drug-likeness (QED) is 0.364. The van der Waals surface area contributed by atoms with E-state index in [0.717, 1.165) is 48.8 Å². The normalized spacial score (nSPS) is 15.6. The summed E-state index contributed by atoms with van der Waals surface area (Å²) in [5.74, 6) is 1.10. The van der Waals surface area contributed by atoms with Gasteiger partial charge in [-0.05, 0) is 75.8 Å². The highest BCUT2D eigenvalue weighted by Crippen LogP contribution is 2.37. The monoisotopic (exact) mass is 504 g/mol. The first-order valence-corrected chi connectivity index (χ1v) is 13.0. The van der Waals surface area contributed by atoms with Crippen LogP contribution in [0.4, 0.5) is 5.13 Å². The molecule has 1 aromatic heterocycles. The number of aromatic nitrogens is 1. The summed E-state index contributed by atoms with van der Waals surface area (Å²) >= 11 is 1.33. The summed E-state index contributed by atoms with van der Waals surface area (Å²) in [6.07, 6.45) is 6.86. The van der Waals surface area contributed by atoms with E-state index in [1.807, 2.05) is 79.7 Å². The largest absolute Gasteiger partial charge is 0.457 e. The molecular formula is C28H32N4O3S. The highest BCUT2D eigenvalue weighted by atomic mass is 32.1. The van der Waals surface area contributed by atoms with Gasteiger partial charge in [-0.1, -0.05) is 35.6 Å². The summed E-state index contributed by atoms with van der Waals surface area (Å²) in [4.78, 5) is 34.1. The van der Waals surface area contributed by atoms with Crippen LogP contribution in [-0.4, -0.2) is 54.8 Å². The maximum Gasteiger partial charge on any atom is 0.261 e. The Morgan fingerprint density at radius 2 is 1.86 bits per heavy atom. The Bertz CT molecular complexity index is 1210. The molecule has 2 aromatic carbocycles. The summed E-state index contributed by atoms with van der Waals surface area (Å²) in [6.45, 7) is 1.60. The highest BCUT2D eigenvalue weighted by molar-refractivity contribution is 7.18. The number of nitrogens with two attached hydrogens (primary N) is 1. The van der Waals surface area contributed by atoms with Gasteiger partial charge >= 0.3 is 0 Å². The van der Waals surface area contributed by atoms with Crippen molar-refractivity contribution in [3.05, 3.63) is 71.6 Å². The number of ether oxygens (including phenoxy) is 1. The predicted octanol–water partition coefficient (Wildman–Crippen LogP) is 5.14. The highest BCUT2D eigenvalue weighted by Gasteiger charge is 2.29. The van der Waals surface area contributed by atoms with Crippen LogP contribution < -0.4 is 15.4 Å². The fraction of sp³-hybridized carbons (Fsp3) is 0.321. The number of para-hydroxylation sites is 1. The second-order valence-corrected chi connectivity index (χ2v) is 10.1. The fourth-order valence-corrected chi connectivity index (χ4v) is 5.31. The Morgan fingerprint density at radius 1 is 1.14 bits per heavy atom. The van der Waals surface area contributed by atoms with Crippen molar-refractivity contribution in [3.63, 3.8) is 0 Å². The summed E-state index contributed by atoms with van der Waals surface area (Å²) in [6, 6.07) is 17.3. The fourth-order valence-electron chi connectivity index (χ4n) is 4.27. The van der Waals surface area contributed by atoms with E-state index in [-0.39, 0.29) is 11.8 Å². The number of amides is 1. The molecule has 7 nitrogen and oxygen atoms in total. The number of benzene rings is 2. The van der Waals surface area contributed by atoms with Gasteiger partial charge in [0.15, 0.2) is 10.9 Å². The van der Waals surface area contributed by atoms with E-state index in [9.17, 15) is 9.59 Å². The minimum Gasteiger partial charge on any atom is -0.457 e. The molecule has 0 spiro atoms. The van der Waals surface area contributed by atoms with E-state index in [1.54, 1.807) is 6.08 Å². The zero-order chi connectivity index (χ0) is 25.5. The number of nitrogens with zero attached hydrogens (tertiary/aromatic N) is 3. The molecule has 0 unspecified atom stereocenters. The lowest BCUT2D eigenvalue weighted by Gasteiger charge is -2.23. The van der Waals surface area contributed by atoms with Gasteiger partial charge in [-0.3, -0.25) is 9.59 Å². The average molecular weight is 505 g/mol. The van der Waals surface area contributed by atoms with Crippen molar-refractivity contribution in [1.29, 1.82) is 0 Å². The third-order valence-corrected chi connectivity index (χ3v) is 7.17. The molecule has 1 aliphatic heterocycles. The molecule has 0 bridgehead atoms. The molecule has 3 aromatic rings. The molecule has 0 radical (unpaired) electrons. The van der Waals surface area contributed by atoms with Crippen LogP contribution in [-0.2, 0) is 4.79 Å². The van der Waals surface area contributed by atoms with Crippen LogP contribution in [0.5, 0.6) is 11.5 Å². The van der Waals surface area contributed by atoms with Crippen molar-refractivity contribution in [2.24, 2.45) is 5.73 Å². The lowest BCUT2D eigenvalue weighted by molar-refractivity contribution is -0.114. The van der Waals surface area contributed by atoms with Gasteiger partial charge in [0.05, 0.1) is 5.69 Å². The SMILES string of the molecule is CN(C)C/C=C/C(=O)CC[C@H]1CCCN1c1nc(-c2ccc(Oc3ccccc3)cc2)c(C(N)=O)s1. The van der Waals surface area contributed by atoms with Crippen molar-refractivity contribution in [2.75, 3.05) is 32.1 Å². The molecule has 188 valence electrons. The van der Waals surface area contributed by atoms with Crippen molar-refractivity contribution >= 4 is 28.2 Å². The smallest absolute Gasteiger partial charge is 0.261 e. The molecule has 0 saturated carbocycles. The van der Waals surface area contributed by atoms with Crippen LogP contribution in [0.2, 0.25) is 0 Å². The number of rotatable bonds is 11. The Kier molecular flexibility index (Phi) is 8.51. The van der Waals surface area contributed by atoms with Crippen LogP contribution in [0, 0.1) is 0 Å². The number of primary amides is 1. The van der Waals surface area contributed by atoms with Gasteiger partial charge in [0.25, 0.3) is 5.91 Å². The standard InChI is InChI=1S/C28H32N4O3S/c1-31(2)18-7-9-22(33)15-14-21-8-6-19-32(21)28-30-25(26(36-28)27(29)34)20-12-16-24(17-13-20)35-23-10-4-3-5-11-23/h3-5,7,9-13,16-17,21H,6,8,14-15,18-19H2,1-2H3,(H2,29,34)/b9-7+/t21-/m1/s1. The molecule has 2 heterocycles. The van der Waals surface area contributed by atoms with E-state index >= 15 is 0 Å². The number of hydrogen-bond acceptors (Lipinski definition) is 7. The lowest BCUT2D eigenvalue weighted by atomic mass is 10.1. The molecule has 1 atom stereocenters. The number of hydrogen-bond donors (Lipinski definition) is 1. The van der Waals surface area contributed by atoms with Gasteiger partial charge < -0.3 is 20.3 Å². The zero-order valence-corrected chi connectivity index (χ0v) is 21.5. The van der Waals surface area contributed by atoms with E-state index in [0.29, 0.717) is 22.7 Å². The van der Waals surface area contributed by atoms with Crippen molar-refractivity contribution in [3.8, 4) is 22.8 Å². The molecule has 8 heteroatoms. The first-order valence-electron chi connectivity index (χ1n) is 12.2. The van der Waals surface area contributed by atoms with Crippen molar-refractivity contribution in [1.82, 2.24) is 9.88 Å². The van der Waals surface area contributed by atoms with Crippen LogP contribution in [0.3, 0.4) is 0 Å². The molecule has 0 aliphatic carbocycles. The molecule has 1 aliphatic rings. The molecule has 4 rings (SSSR count). The topological polar surface area (TPSA) is 88.8 Å². The summed E-state index contributed by atoms with van der Waals surface area (Å²) in [5.41, 5.74) is 7.12. The average Bonchev–Trinajstić information content (AvgIpc) is 3.51. The second kappa shape index (κ2) is 12.0. The van der Waals surface area contributed by atoms with Gasteiger partial charge in [0.1, 0.15) is 16.4 Å². The molecule has 1 amide bonds. The minimum atomic E-state index is -0.490. The van der Waals surface area contributed by atoms with E-state index in [4.69, 9.17) is 15.5 Å². The number of likely N-dealkylation sites (N-methyl/N-ethyl adjacent to an activating group) is 1. The Labute approximate surface area is 216 Å². The van der Waals surface area contributed by atoms with E-state index in [1.165, 1.54) is 11.3 Å². The van der Waals surface area contributed by atoms with E-state index < -0.39 is 5.91 Å². The Hall–Kier alpha value is -3.49. The van der Waals surface area contributed by atoms with Crippen LogP contribution in [0.1, 0.15) is 35.4 Å². The molecule has 1 fully saturated rings. The maximum absolute atomic E-state index is 12.3. The van der Waals surface area contributed by atoms with E-state index in [2.05, 4.69) is 4.90 Å². The number of thiazole rings is 1. The molecule has 36 heavy (non-hydrogen) atoms. The number of allylic oxidation sites excluding steroid dienone is 1. The lowest BCUT2D eigenvalue weighted by Crippen LogP contribution is -2.29. The zero-order valence-electron chi connectivity index (χ0n) is 20.7. The van der Waals surface area contributed by atoms with Crippen LogP contribution in [0.15, 0.2) is 66.7 Å². The Morgan fingerprint density at radius 3 is 2.56 bits per heavy atom. The third kappa shape index (κ3) is 6.59. The van der Waals surface area contributed by atoms with Gasteiger partial charge in [-0.25, -0.2) is 4.98 Å². The maximum atomic E-state index is 12.3. The molecule has 2 N–H and O–H groups in total. The van der Waals surface area contributed by atoms with Gasteiger partial charge in [-0.2, -0.15) is 0 Å². The van der Waals surface area contributed by atoms with Gasteiger partial charge in [-0.15, -0.1) is 0 Å². The Balaban J connectivity index is 1.47. The van der Waals surface area contributed by atoms with Crippen LogP contribution >= 0.6 is 11.3 Å². The first-order chi connectivity index (χ1) is 17.4. The summed E-state index contributed by atoms with van der Waals surface area (Å²) in [7, 11) is 3.95. The third-order valence-electron chi connectivity index (χ3n) is 6.07. The number of anilines is 1. The summed E-state index contributed by atoms with van der Waals surface area (Å²) in [5, 5.41) is 0.779. The van der Waals surface area contributed by atoms with Gasteiger partial charge in [0, 0.05) is 31.1 Å². The first kappa shape index (κ1) is 25.6. The number of carbonyl (C=O) groups is 2. The summed E-state index contributed by atoms with van der Waals surface area (Å²) < 4.78 is 5.88. The predicted molar refractivity (Wildman–Crippen MR) is 145 cm³/mol. The van der Waals surface area contributed by atoms with Gasteiger partial charge in [0.2, 0.25) is 0 Å².